The molecule has 22 heavy (non-hydrogen) atoms. The Balaban J connectivity index is 2.05. The summed E-state index contributed by atoms with van der Waals surface area (Å²) >= 11 is 0. The Morgan fingerprint density at radius 3 is 2.86 bits per heavy atom. The third kappa shape index (κ3) is 2.59. The van der Waals surface area contributed by atoms with Crippen LogP contribution in [-0.2, 0) is 16.0 Å². The molecule has 0 heterocycles. The first kappa shape index (κ1) is 14.6. The van der Waals surface area contributed by atoms with E-state index in [1.54, 1.807) is 7.11 Å². The van der Waals surface area contributed by atoms with E-state index >= 15 is 0 Å². The van der Waals surface area contributed by atoms with Gasteiger partial charge in [-0.15, -0.1) is 0 Å². The normalized spacial score (nSPS) is 15.1. The van der Waals surface area contributed by atoms with Crippen molar-refractivity contribution in [2.24, 2.45) is 0 Å². The number of rotatable bonds is 4. The number of allylic oxidation sites excluding steroid dienone is 1. The maximum absolute atomic E-state index is 11.6. The molecule has 2 aromatic rings. The van der Waals surface area contributed by atoms with Gasteiger partial charge in [0, 0.05) is 5.56 Å². The lowest BCUT2D eigenvalue weighted by Crippen LogP contribution is -2.05. The summed E-state index contributed by atoms with van der Waals surface area (Å²) < 4.78 is 10.5. The van der Waals surface area contributed by atoms with E-state index < -0.39 is 0 Å². The second-order valence-corrected chi connectivity index (χ2v) is 5.39. The molecular formula is C19H20O3. The van der Waals surface area contributed by atoms with Crippen molar-refractivity contribution in [2.45, 2.75) is 26.2 Å². The molecule has 0 N–H and O–H groups in total. The van der Waals surface area contributed by atoms with Crippen LogP contribution < -0.4 is 4.74 Å². The van der Waals surface area contributed by atoms with Crippen LogP contribution in [-0.4, -0.2) is 19.7 Å². The van der Waals surface area contributed by atoms with Crippen LogP contribution in [0.3, 0.4) is 0 Å². The summed E-state index contributed by atoms with van der Waals surface area (Å²) in [4.78, 5) is 11.6. The SMILES string of the molecule is CCOC(=O)CC=C1CCc2c(OC)ccc3cccc1c23. The molecule has 0 fully saturated rings. The molecule has 0 bridgehead atoms. The van der Waals surface area contributed by atoms with Crippen molar-refractivity contribution in [2.75, 3.05) is 13.7 Å². The number of hydrogen-bond donors (Lipinski definition) is 0. The van der Waals surface area contributed by atoms with Gasteiger partial charge < -0.3 is 9.47 Å². The summed E-state index contributed by atoms with van der Waals surface area (Å²) in [6.45, 7) is 2.26. The monoisotopic (exact) mass is 296 g/mol. The summed E-state index contributed by atoms with van der Waals surface area (Å²) in [6, 6.07) is 10.4. The summed E-state index contributed by atoms with van der Waals surface area (Å²) in [5.41, 5.74) is 3.70. The fourth-order valence-corrected chi connectivity index (χ4v) is 3.17. The van der Waals surface area contributed by atoms with Crippen LogP contribution in [0.1, 0.15) is 30.9 Å². The molecule has 1 aliphatic carbocycles. The summed E-state index contributed by atoms with van der Waals surface area (Å²) in [5.74, 6) is 0.781. The molecular weight excluding hydrogens is 276 g/mol. The highest BCUT2D eigenvalue weighted by atomic mass is 16.5. The minimum Gasteiger partial charge on any atom is -0.496 e. The molecule has 0 atom stereocenters. The number of carbonyl (C=O) groups excluding carboxylic acids is 1. The first-order valence-corrected chi connectivity index (χ1v) is 7.68. The molecule has 0 aromatic heterocycles. The largest absolute Gasteiger partial charge is 0.496 e. The molecule has 0 radical (unpaired) electrons. The number of carbonyl (C=O) groups is 1. The summed E-state index contributed by atoms with van der Waals surface area (Å²) in [5, 5.41) is 2.47. The Hall–Kier alpha value is -2.29. The highest BCUT2D eigenvalue weighted by Crippen LogP contribution is 2.40. The molecule has 0 saturated carbocycles. The molecule has 0 spiro atoms. The minimum absolute atomic E-state index is 0.168. The average Bonchev–Trinajstić information content (AvgIpc) is 2.55. The Bertz CT molecular complexity index is 744. The highest BCUT2D eigenvalue weighted by Gasteiger charge is 2.19. The van der Waals surface area contributed by atoms with Crippen LogP contribution in [0.4, 0.5) is 0 Å². The molecule has 0 aliphatic heterocycles. The van der Waals surface area contributed by atoms with Crippen LogP contribution in [0.5, 0.6) is 5.75 Å². The minimum atomic E-state index is -0.168. The van der Waals surface area contributed by atoms with Crippen LogP contribution >= 0.6 is 0 Å². The fourth-order valence-electron chi connectivity index (χ4n) is 3.17. The summed E-state index contributed by atoms with van der Waals surface area (Å²) in [6.07, 6.45) is 4.20. The molecule has 2 aromatic carbocycles. The van der Waals surface area contributed by atoms with Gasteiger partial charge in [-0.1, -0.05) is 30.3 Å². The lowest BCUT2D eigenvalue weighted by Gasteiger charge is -2.22. The van der Waals surface area contributed by atoms with E-state index in [1.807, 2.05) is 19.1 Å². The number of methoxy groups -OCH3 is 1. The maximum Gasteiger partial charge on any atom is 0.309 e. The molecule has 3 heteroatoms. The fraction of sp³-hybridized carbons (Fsp3) is 0.316. The summed E-state index contributed by atoms with van der Waals surface area (Å²) in [7, 11) is 1.71. The van der Waals surface area contributed by atoms with E-state index in [2.05, 4.69) is 24.3 Å². The van der Waals surface area contributed by atoms with Gasteiger partial charge in [-0.25, -0.2) is 0 Å². The second-order valence-electron chi connectivity index (χ2n) is 5.39. The van der Waals surface area contributed by atoms with E-state index in [4.69, 9.17) is 9.47 Å². The van der Waals surface area contributed by atoms with Crippen LogP contribution in [0.25, 0.3) is 16.3 Å². The van der Waals surface area contributed by atoms with Crippen molar-refractivity contribution in [3.63, 3.8) is 0 Å². The number of ether oxygens (including phenoxy) is 2. The van der Waals surface area contributed by atoms with E-state index in [-0.39, 0.29) is 5.97 Å². The average molecular weight is 296 g/mol. The molecule has 0 unspecified atom stereocenters. The van der Waals surface area contributed by atoms with Crippen LogP contribution in [0.2, 0.25) is 0 Å². The Kier molecular flexibility index (Phi) is 4.14. The first-order chi connectivity index (χ1) is 10.7. The first-order valence-electron chi connectivity index (χ1n) is 7.68. The van der Waals surface area contributed by atoms with E-state index in [9.17, 15) is 4.79 Å². The molecule has 114 valence electrons. The number of hydrogen-bond acceptors (Lipinski definition) is 3. The van der Waals surface area contributed by atoms with Crippen LogP contribution in [0, 0.1) is 0 Å². The standard InChI is InChI=1S/C19H20O3/c1-3-22-18(20)12-9-13-7-10-16-17(21-2)11-8-14-5-4-6-15(13)19(14)16/h4-6,8-9,11H,3,7,10,12H2,1-2H3. The zero-order valence-corrected chi connectivity index (χ0v) is 13.0. The van der Waals surface area contributed by atoms with Crippen LogP contribution in [0.15, 0.2) is 36.4 Å². The van der Waals surface area contributed by atoms with Gasteiger partial charge in [0.1, 0.15) is 5.75 Å². The van der Waals surface area contributed by atoms with Crippen molar-refractivity contribution < 1.29 is 14.3 Å². The molecule has 0 amide bonds. The molecule has 1 aliphatic rings. The van der Waals surface area contributed by atoms with E-state index in [1.165, 1.54) is 27.5 Å². The van der Waals surface area contributed by atoms with E-state index in [0.29, 0.717) is 13.0 Å². The quantitative estimate of drug-likeness (QED) is 0.796. The second kappa shape index (κ2) is 6.22. The molecule has 0 saturated heterocycles. The van der Waals surface area contributed by atoms with Gasteiger partial charge in [0.05, 0.1) is 20.1 Å². The number of esters is 1. The molecule has 3 rings (SSSR count). The lowest BCUT2D eigenvalue weighted by molar-refractivity contribution is -0.142. The predicted octanol–water partition coefficient (Wildman–Crippen LogP) is 4.13. The number of benzene rings is 2. The van der Waals surface area contributed by atoms with Crippen molar-refractivity contribution in [1.29, 1.82) is 0 Å². The van der Waals surface area contributed by atoms with Gasteiger partial charge in [-0.05, 0) is 47.7 Å². The Morgan fingerprint density at radius 1 is 1.23 bits per heavy atom. The highest BCUT2D eigenvalue weighted by molar-refractivity contribution is 5.99. The zero-order valence-electron chi connectivity index (χ0n) is 13.0. The molecule has 3 nitrogen and oxygen atoms in total. The van der Waals surface area contributed by atoms with Gasteiger partial charge in [-0.3, -0.25) is 4.79 Å². The maximum atomic E-state index is 11.6. The van der Waals surface area contributed by atoms with Crippen molar-refractivity contribution in [3.8, 4) is 5.75 Å². The third-order valence-corrected chi connectivity index (χ3v) is 4.14. The predicted molar refractivity (Wildman–Crippen MR) is 88.0 cm³/mol. The van der Waals surface area contributed by atoms with Gasteiger partial charge in [0.15, 0.2) is 0 Å². The van der Waals surface area contributed by atoms with Crippen molar-refractivity contribution in [3.05, 3.63) is 47.5 Å². The topological polar surface area (TPSA) is 35.5 Å². The van der Waals surface area contributed by atoms with E-state index in [0.717, 1.165) is 18.6 Å². The smallest absolute Gasteiger partial charge is 0.309 e. The van der Waals surface area contributed by atoms with Gasteiger partial charge in [0.2, 0.25) is 0 Å². The van der Waals surface area contributed by atoms with Crippen molar-refractivity contribution in [1.82, 2.24) is 0 Å². The van der Waals surface area contributed by atoms with Crippen molar-refractivity contribution >= 4 is 22.3 Å². The lowest BCUT2D eigenvalue weighted by atomic mass is 9.84. The zero-order chi connectivity index (χ0) is 15.5. The van der Waals surface area contributed by atoms with Gasteiger partial charge >= 0.3 is 5.97 Å². The Labute approximate surface area is 130 Å². The van der Waals surface area contributed by atoms with Gasteiger partial charge in [-0.2, -0.15) is 0 Å². The third-order valence-electron chi connectivity index (χ3n) is 4.14. The van der Waals surface area contributed by atoms with Gasteiger partial charge in [0.25, 0.3) is 0 Å². The number of aryl methyl sites for hydroxylation is 1. The Morgan fingerprint density at radius 2 is 2.09 bits per heavy atom.